The van der Waals surface area contributed by atoms with Crippen LogP contribution < -0.4 is 0 Å². The van der Waals surface area contributed by atoms with Gasteiger partial charge >= 0.3 is 0 Å². The van der Waals surface area contributed by atoms with Crippen molar-refractivity contribution in [2.45, 2.75) is 0 Å². The summed E-state index contributed by atoms with van der Waals surface area (Å²) < 4.78 is 31.0. The smallest absolute Gasteiger partial charge is 0.210 e. The number of halogens is 1. The minimum absolute atomic E-state index is 0.0163. The first-order chi connectivity index (χ1) is 7.00. The van der Waals surface area contributed by atoms with Gasteiger partial charge in [-0.2, -0.15) is 5.10 Å². The van der Waals surface area contributed by atoms with E-state index in [4.69, 9.17) is 5.48 Å². The van der Waals surface area contributed by atoms with Crippen molar-refractivity contribution in [1.29, 1.82) is 0 Å². The third kappa shape index (κ3) is 1.34. The van der Waals surface area contributed by atoms with Crippen LogP contribution in [0.1, 0.15) is 5.48 Å². The van der Waals surface area contributed by atoms with Crippen LogP contribution in [-0.4, -0.2) is 14.8 Å². The molecule has 2 aromatic heterocycles. The lowest BCUT2D eigenvalue weighted by atomic mass is 10.7. The van der Waals surface area contributed by atoms with Crippen molar-refractivity contribution in [3.05, 3.63) is 28.3 Å². The van der Waals surface area contributed by atoms with Gasteiger partial charge in [0.25, 0.3) is 0 Å². The van der Waals surface area contributed by atoms with Crippen LogP contribution in [0.25, 0.3) is 5.13 Å². The Balaban J connectivity index is 2.59. The van der Waals surface area contributed by atoms with Crippen LogP contribution in [-0.2, 0) is 0 Å². The van der Waals surface area contributed by atoms with Gasteiger partial charge in [-0.15, -0.1) is 11.3 Å². The Bertz CT molecular complexity index is 503. The van der Waals surface area contributed by atoms with E-state index in [0.29, 0.717) is 0 Å². The predicted molar refractivity (Wildman–Crippen MR) is 46.9 cm³/mol. The zero-order chi connectivity index (χ0) is 11.2. The fourth-order valence-corrected chi connectivity index (χ4v) is 1.27. The number of aromatic nitrogens is 3. The van der Waals surface area contributed by atoms with Crippen molar-refractivity contribution >= 4 is 27.3 Å². The van der Waals surface area contributed by atoms with Crippen molar-refractivity contribution in [1.82, 2.24) is 14.8 Å². The molecule has 3 nitrogen and oxygen atoms in total. The molecule has 0 saturated heterocycles. The van der Waals surface area contributed by atoms with Crippen molar-refractivity contribution in [2.24, 2.45) is 0 Å². The molecule has 2 rings (SSSR count). The van der Waals surface area contributed by atoms with Crippen LogP contribution in [0.2, 0.25) is 0 Å². The van der Waals surface area contributed by atoms with Gasteiger partial charge in [0, 0.05) is 17.7 Å². The Kier molecular flexibility index (Phi) is 0.954. The molecule has 0 unspecified atom stereocenters. The maximum Gasteiger partial charge on any atom is 0.210 e. The molecule has 0 bridgehead atoms. The Labute approximate surface area is 81.4 Å². The molecular weight excluding hydrogens is 226 g/mol. The minimum Gasteiger partial charge on any atom is -0.227 e. The molecular formula is C6H4BrN3S. The van der Waals surface area contributed by atoms with E-state index in [-0.39, 0.29) is 33.5 Å². The summed E-state index contributed by atoms with van der Waals surface area (Å²) in [5.41, 5.74) is 0. The predicted octanol–water partition coefficient (Wildman–Crippen LogP) is 2.09. The summed E-state index contributed by atoms with van der Waals surface area (Å²) in [5.74, 6) is 0. The molecule has 0 spiro atoms. The lowest BCUT2D eigenvalue weighted by Crippen LogP contribution is -1.91. The highest BCUT2D eigenvalue weighted by atomic mass is 79.9. The van der Waals surface area contributed by atoms with Crippen LogP contribution in [0.3, 0.4) is 0 Å². The Morgan fingerprint density at radius 2 is 2.64 bits per heavy atom. The molecule has 0 aliphatic heterocycles. The Hall–Kier alpha value is -0.680. The summed E-state index contributed by atoms with van der Waals surface area (Å²) >= 11 is 3.98. The number of nitrogens with zero attached hydrogens (tertiary/aromatic N) is 3. The highest BCUT2D eigenvalue weighted by molar-refractivity contribution is 9.10. The zero-order valence-corrected chi connectivity index (χ0v) is 7.53. The molecule has 2 aromatic rings. The van der Waals surface area contributed by atoms with Gasteiger partial charge in [-0.05, 0) is 22.0 Å². The van der Waals surface area contributed by atoms with E-state index < -0.39 is 0 Å². The molecule has 0 fully saturated rings. The molecule has 0 atom stereocenters. The molecule has 5 heteroatoms. The molecule has 0 N–H and O–H groups in total. The first-order valence-electron chi connectivity index (χ1n) is 4.67. The van der Waals surface area contributed by atoms with Crippen LogP contribution in [0.4, 0.5) is 0 Å². The van der Waals surface area contributed by atoms with Gasteiger partial charge in [0.2, 0.25) is 5.13 Å². The minimum atomic E-state index is -0.146. The van der Waals surface area contributed by atoms with Crippen molar-refractivity contribution < 1.29 is 5.48 Å². The lowest BCUT2D eigenvalue weighted by molar-refractivity contribution is 0.860. The monoisotopic (exact) mass is 233 g/mol. The van der Waals surface area contributed by atoms with Crippen LogP contribution >= 0.6 is 27.3 Å². The normalized spacial score (nSPS) is 15.4. The molecule has 0 aliphatic carbocycles. The highest BCUT2D eigenvalue weighted by Gasteiger charge is 1.98. The molecule has 0 amide bonds. The topological polar surface area (TPSA) is 30.7 Å². The first-order valence-corrected chi connectivity index (χ1v) is 4.27. The van der Waals surface area contributed by atoms with E-state index in [1.807, 2.05) is 0 Å². The summed E-state index contributed by atoms with van der Waals surface area (Å²) in [6.45, 7) is 0. The Morgan fingerprint density at radius 1 is 1.73 bits per heavy atom. The maximum absolute atomic E-state index is 7.56. The van der Waals surface area contributed by atoms with Crippen molar-refractivity contribution in [2.75, 3.05) is 0 Å². The summed E-state index contributed by atoms with van der Waals surface area (Å²) in [6.07, 6.45) is -0.261. The summed E-state index contributed by atoms with van der Waals surface area (Å²) in [6, 6.07) is -0.0386. The largest absolute Gasteiger partial charge is 0.227 e. The van der Waals surface area contributed by atoms with Gasteiger partial charge in [0.1, 0.15) is 4.60 Å². The average molecular weight is 234 g/mol. The van der Waals surface area contributed by atoms with Crippen molar-refractivity contribution in [3.8, 4) is 5.13 Å². The quantitative estimate of drug-likeness (QED) is 0.756. The number of thiazole rings is 1. The fourth-order valence-electron chi connectivity index (χ4n) is 0.580. The Morgan fingerprint density at radius 3 is 3.18 bits per heavy atom. The maximum atomic E-state index is 7.56. The summed E-state index contributed by atoms with van der Waals surface area (Å²) in [4.78, 5) is 3.77. The van der Waals surface area contributed by atoms with E-state index in [2.05, 4.69) is 26.0 Å². The van der Waals surface area contributed by atoms with E-state index in [0.717, 1.165) is 16.0 Å². The SMILES string of the molecule is [2H]c1nc(-n2nc(Br)c([2H])c2[2H])sc1[2H]. The molecule has 0 aromatic carbocycles. The zero-order valence-electron chi connectivity index (χ0n) is 9.13. The molecule has 0 aliphatic rings. The summed E-state index contributed by atoms with van der Waals surface area (Å²) in [5, 5.41) is 4.15. The van der Waals surface area contributed by atoms with Gasteiger partial charge in [0.05, 0.1) is 5.48 Å². The second kappa shape index (κ2) is 2.75. The molecule has 2 heterocycles. The first kappa shape index (κ1) is 3.82. The standard InChI is InChI=1S/C6H4BrN3S/c7-5-1-3-10(9-5)6-8-2-4-11-6/h1-4H/i1D,2D,3D,4D. The molecule has 0 radical (unpaired) electrons. The van der Waals surface area contributed by atoms with E-state index in [1.165, 1.54) is 0 Å². The van der Waals surface area contributed by atoms with Gasteiger partial charge < -0.3 is 0 Å². The number of rotatable bonds is 1. The van der Waals surface area contributed by atoms with E-state index in [1.54, 1.807) is 0 Å². The van der Waals surface area contributed by atoms with Crippen LogP contribution in [0.5, 0.6) is 0 Å². The van der Waals surface area contributed by atoms with E-state index in [9.17, 15) is 0 Å². The number of hydrogen-bond donors (Lipinski definition) is 0. The third-order valence-electron chi connectivity index (χ3n) is 0.973. The second-order valence-corrected chi connectivity index (χ2v) is 3.17. The van der Waals surface area contributed by atoms with Crippen molar-refractivity contribution in [3.63, 3.8) is 0 Å². The average Bonchev–Trinajstić information content (AvgIpc) is 2.63. The van der Waals surface area contributed by atoms with Crippen LogP contribution in [0.15, 0.2) is 28.3 Å². The number of hydrogen-bond acceptors (Lipinski definition) is 3. The van der Waals surface area contributed by atoms with Gasteiger partial charge in [-0.3, -0.25) is 0 Å². The third-order valence-corrected chi connectivity index (χ3v) is 1.97. The highest BCUT2D eigenvalue weighted by Crippen LogP contribution is 2.12. The summed E-state index contributed by atoms with van der Waals surface area (Å²) in [7, 11) is 0. The van der Waals surface area contributed by atoms with Gasteiger partial charge in [0.15, 0.2) is 0 Å². The molecule has 56 valence electrons. The fraction of sp³-hybridized carbons (Fsp3) is 0. The molecule has 11 heavy (non-hydrogen) atoms. The second-order valence-electron chi connectivity index (χ2n) is 1.65. The van der Waals surface area contributed by atoms with Gasteiger partial charge in [-0.25, -0.2) is 9.67 Å². The van der Waals surface area contributed by atoms with E-state index >= 15 is 0 Å². The van der Waals surface area contributed by atoms with Crippen LogP contribution in [0, 0.1) is 0 Å². The molecule has 0 saturated carbocycles. The lowest BCUT2D eigenvalue weighted by Gasteiger charge is -1.90. The van der Waals surface area contributed by atoms with Gasteiger partial charge in [-0.1, -0.05) is 0 Å².